The molecule has 2 atom stereocenters. The highest BCUT2D eigenvalue weighted by Crippen LogP contribution is 2.28. The molecule has 0 radical (unpaired) electrons. The number of carboxylic acids is 1. The van der Waals surface area contributed by atoms with Crippen LogP contribution in [0.2, 0.25) is 0 Å². The number of amides is 1. The number of aliphatic hydroxyl groups is 1. The largest absolute Gasteiger partial charge is 0.481 e. The molecule has 176 valence electrons. The summed E-state index contributed by atoms with van der Waals surface area (Å²) in [5.41, 5.74) is 1.77. The zero-order valence-electron chi connectivity index (χ0n) is 19.2. The maximum absolute atomic E-state index is 12.3. The van der Waals surface area contributed by atoms with E-state index < -0.39 is 12.1 Å². The first-order valence-corrected chi connectivity index (χ1v) is 11.6. The van der Waals surface area contributed by atoms with Crippen molar-refractivity contribution in [2.75, 3.05) is 6.54 Å². The molecule has 2 aromatic carbocycles. The topological polar surface area (TPSA) is 87.1 Å². The van der Waals surface area contributed by atoms with Gasteiger partial charge in [0.05, 0.1) is 12.1 Å². The van der Waals surface area contributed by atoms with Gasteiger partial charge in [-0.1, -0.05) is 55.3 Å². The normalized spacial score (nSPS) is 17.0. The number of carbonyl (C=O) groups excluding carboxylic acids is 1. The summed E-state index contributed by atoms with van der Waals surface area (Å²) in [6.45, 7) is 2.65. The van der Waals surface area contributed by atoms with Gasteiger partial charge in [0.15, 0.2) is 0 Å². The first-order chi connectivity index (χ1) is 15.9. The average Bonchev–Trinajstić information content (AvgIpc) is 3.15. The number of carboxylic acid groups (broad SMARTS) is 1. The number of aliphatic hydroxyl groups excluding tert-OH is 1. The van der Waals surface area contributed by atoms with Gasteiger partial charge in [-0.25, -0.2) is 0 Å². The molecule has 2 aromatic rings. The lowest BCUT2D eigenvalue weighted by Crippen LogP contribution is -2.32. The lowest BCUT2D eigenvalue weighted by molar-refractivity contribution is -0.137. The molecule has 1 aliphatic rings. The average molecular weight is 452 g/mol. The zero-order chi connectivity index (χ0) is 23.6. The van der Waals surface area contributed by atoms with Crippen molar-refractivity contribution < 1.29 is 24.5 Å². The van der Waals surface area contributed by atoms with E-state index in [1.165, 1.54) is 0 Å². The maximum Gasteiger partial charge on any atom is 0.303 e. The molecule has 6 nitrogen and oxygen atoms in total. The Morgan fingerprint density at radius 3 is 2.73 bits per heavy atom. The fraction of sp³-hybridized carbons (Fsp3) is 0.407. The first-order valence-electron chi connectivity index (χ1n) is 11.6. The van der Waals surface area contributed by atoms with E-state index in [1.807, 2.05) is 66.4 Å². The number of rotatable bonds is 12. The van der Waals surface area contributed by atoms with Gasteiger partial charge in [-0.15, -0.1) is 0 Å². The summed E-state index contributed by atoms with van der Waals surface area (Å²) in [6, 6.07) is 15.2. The summed E-state index contributed by atoms with van der Waals surface area (Å²) < 4.78 is 5.97. The van der Waals surface area contributed by atoms with Gasteiger partial charge in [0.25, 0.3) is 0 Å². The van der Waals surface area contributed by atoms with Crippen molar-refractivity contribution >= 4 is 11.9 Å². The van der Waals surface area contributed by atoms with Crippen molar-refractivity contribution in [2.45, 2.75) is 64.0 Å². The van der Waals surface area contributed by atoms with Crippen molar-refractivity contribution in [3.8, 4) is 11.5 Å². The summed E-state index contributed by atoms with van der Waals surface area (Å²) in [5.74, 6) is 0.816. The quantitative estimate of drug-likeness (QED) is 0.333. The van der Waals surface area contributed by atoms with Crippen LogP contribution in [0, 0.1) is 6.92 Å². The maximum atomic E-state index is 12.3. The van der Waals surface area contributed by atoms with Gasteiger partial charge in [-0.2, -0.15) is 0 Å². The van der Waals surface area contributed by atoms with Crippen molar-refractivity contribution in [1.29, 1.82) is 0 Å². The highest BCUT2D eigenvalue weighted by atomic mass is 16.5. The number of nitrogens with zero attached hydrogens (tertiary/aromatic N) is 1. The molecule has 0 aromatic heterocycles. The van der Waals surface area contributed by atoms with Gasteiger partial charge in [-0.05, 0) is 55.5 Å². The van der Waals surface area contributed by atoms with Crippen molar-refractivity contribution in [1.82, 2.24) is 4.90 Å². The highest BCUT2D eigenvalue weighted by Gasteiger charge is 2.28. The lowest BCUT2D eigenvalue weighted by atomic mass is 10.1. The van der Waals surface area contributed by atoms with Crippen molar-refractivity contribution in [3.05, 3.63) is 71.8 Å². The molecule has 0 aliphatic carbocycles. The van der Waals surface area contributed by atoms with Crippen LogP contribution < -0.4 is 4.74 Å². The van der Waals surface area contributed by atoms with Crippen LogP contribution >= 0.6 is 0 Å². The van der Waals surface area contributed by atoms with Crippen molar-refractivity contribution in [3.63, 3.8) is 0 Å². The molecule has 1 unspecified atom stereocenters. The molecule has 3 rings (SSSR count). The molecule has 1 fully saturated rings. The van der Waals surface area contributed by atoms with E-state index in [-0.39, 0.29) is 18.4 Å². The monoisotopic (exact) mass is 451 g/mol. The second-order valence-electron chi connectivity index (χ2n) is 8.52. The number of unbranched alkanes of at least 4 members (excludes halogenated alkanes) is 3. The van der Waals surface area contributed by atoms with Gasteiger partial charge < -0.3 is 19.8 Å². The van der Waals surface area contributed by atoms with Crippen LogP contribution in [0.4, 0.5) is 0 Å². The van der Waals surface area contributed by atoms with E-state index in [0.29, 0.717) is 25.1 Å². The van der Waals surface area contributed by atoms with E-state index in [2.05, 4.69) is 0 Å². The van der Waals surface area contributed by atoms with Gasteiger partial charge in [0.2, 0.25) is 5.91 Å². The highest BCUT2D eigenvalue weighted by molar-refractivity contribution is 5.79. The SMILES string of the molecule is Cc1ccccc1Oc1cccc(C(O)/C=C/[C@H]2CCC(=O)N2CCCCCCC(=O)O)c1. The van der Waals surface area contributed by atoms with E-state index >= 15 is 0 Å². The second kappa shape index (κ2) is 12.2. The van der Waals surface area contributed by atoms with Crippen LogP contribution in [0.1, 0.15) is 62.2 Å². The molecule has 0 saturated carbocycles. The number of hydrogen-bond donors (Lipinski definition) is 2. The van der Waals surface area contributed by atoms with Gasteiger partial charge in [0, 0.05) is 19.4 Å². The second-order valence-corrected chi connectivity index (χ2v) is 8.52. The first kappa shape index (κ1) is 24.5. The molecule has 1 amide bonds. The number of carbonyl (C=O) groups is 2. The summed E-state index contributed by atoms with van der Waals surface area (Å²) in [6.07, 6.45) is 7.63. The summed E-state index contributed by atoms with van der Waals surface area (Å²) in [7, 11) is 0. The van der Waals surface area contributed by atoms with E-state index in [9.17, 15) is 14.7 Å². The fourth-order valence-corrected chi connectivity index (χ4v) is 4.06. The Morgan fingerprint density at radius 2 is 1.94 bits per heavy atom. The third kappa shape index (κ3) is 7.46. The molecule has 1 heterocycles. The molecule has 2 N–H and O–H groups in total. The van der Waals surface area contributed by atoms with Crippen LogP contribution in [0.5, 0.6) is 11.5 Å². The molecular formula is C27H33NO5. The molecule has 1 aliphatic heterocycles. The van der Waals surface area contributed by atoms with E-state index in [0.717, 1.165) is 42.6 Å². The Morgan fingerprint density at radius 1 is 1.15 bits per heavy atom. The Hall–Kier alpha value is -3.12. The zero-order valence-corrected chi connectivity index (χ0v) is 19.2. The number of hydrogen-bond acceptors (Lipinski definition) is 4. The van der Waals surface area contributed by atoms with Crippen LogP contribution in [0.3, 0.4) is 0 Å². The summed E-state index contributed by atoms with van der Waals surface area (Å²) in [5, 5.41) is 19.4. The minimum absolute atomic E-state index is 0.0161. The molecule has 33 heavy (non-hydrogen) atoms. The minimum Gasteiger partial charge on any atom is -0.481 e. The fourth-order valence-electron chi connectivity index (χ4n) is 4.06. The number of likely N-dealkylation sites (tertiary alicyclic amines) is 1. The number of aryl methyl sites for hydroxylation is 1. The van der Waals surface area contributed by atoms with Crippen LogP contribution in [0.25, 0.3) is 0 Å². The predicted octanol–water partition coefficient (Wildman–Crippen LogP) is 5.40. The number of aliphatic carboxylic acids is 1. The lowest BCUT2D eigenvalue weighted by Gasteiger charge is -2.22. The van der Waals surface area contributed by atoms with E-state index in [1.54, 1.807) is 6.08 Å². The van der Waals surface area contributed by atoms with Gasteiger partial charge in [0.1, 0.15) is 11.5 Å². The minimum atomic E-state index is -0.793. The van der Waals surface area contributed by atoms with Crippen molar-refractivity contribution in [2.24, 2.45) is 0 Å². The summed E-state index contributed by atoms with van der Waals surface area (Å²) >= 11 is 0. The van der Waals surface area contributed by atoms with Gasteiger partial charge >= 0.3 is 5.97 Å². The smallest absolute Gasteiger partial charge is 0.303 e. The third-order valence-corrected chi connectivity index (χ3v) is 5.95. The third-order valence-electron chi connectivity index (χ3n) is 5.95. The number of ether oxygens (including phenoxy) is 1. The Labute approximate surface area is 195 Å². The Kier molecular flexibility index (Phi) is 9.07. The predicted molar refractivity (Wildman–Crippen MR) is 127 cm³/mol. The Balaban J connectivity index is 1.54. The standard InChI is InChI=1S/C27H33NO5/c1-20-9-5-6-12-25(20)33-23-11-8-10-21(19-23)24(29)16-14-22-15-17-26(30)28(22)18-7-3-2-4-13-27(31)32/h5-6,8-12,14,16,19,22,24,29H,2-4,7,13,15,17-18H2,1H3,(H,31,32)/b16-14+/t22-,24?/m0/s1. The Bertz CT molecular complexity index is 970. The van der Waals surface area contributed by atoms with Crippen LogP contribution in [-0.4, -0.2) is 39.6 Å². The van der Waals surface area contributed by atoms with Gasteiger partial charge in [-0.3, -0.25) is 9.59 Å². The number of para-hydroxylation sites is 1. The molecular weight excluding hydrogens is 418 g/mol. The van der Waals surface area contributed by atoms with Crippen LogP contribution in [-0.2, 0) is 9.59 Å². The summed E-state index contributed by atoms with van der Waals surface area (Å²) in [4.78, 5) is 24.7. The molecule has 0 spiro atoms. The molecule has 6 heteroatoms. The van der Waals surface area contributed by atoms with Crippen LogP contribution in [0.15, 0.2) is 60.7 Å². The molecule has 0 bridgehead atoms. The number of benzene rings is 2. The van der Waals surface area contributed by atoms with E-state index in [4.69, 9.17) is 9.84 Å². The molecule has 1 saturated heterocycles.